The number of hydrogen-bond acceptors (Lipinski definition) is 4. The lowest BCUT2D eigenvalue weighted by Crippen LogP contribution is -2.28. The van der Waals surface area contributed by atoms with E-state index < -0.39 is 0 Å². The SMILES string of the molecule is Cc1noc(C)c1CSCC(=O)NC(C)c1cccc(Cl)c1. The van der Waals surface area contributed by atoms with Gasteiger partial charge in [-0.3, -0.25) is 4.79 Å². The Morgan fingerprint density at radius 1 is 1.45 bits per heavy atom. The number of benzene rings is 1. The topological polar surface area (TPSA) is 55.1 Å². The van der Waals surface area contributed by atoms with Crippen molar-refractivity contribution in [3.8, 4) is 0 Å². The summed E-state index contributed by atoms with van der Waals surface area (Å²) >= 11 is 7.51. The summed E-state index contributed by atoms with van der Waals surface area (Å²) < 4.78 is 5.11. The minimum Gasteiger partial charge on any atom is -0.361 e. The van der Waals surface area contributed by atoms with E-state index in [0.717, 1.165) is 28.3 Å². The van der Waals surface area contributed by atoms with Gasteiger partial charge in [0.05, 0.1) is 17.5 Å². The van der Waals surface area contributed by atoms with E-state index in [9.17, 15) is 4.79 Å². The van der Waals surface area contributed by atoms with E-state index in [1.165, 1.54) is 0 Å². The van der Waals surface area contributed by atoms with E-state index in [4.69, 9.17) is 16.1 Å². The Morgan fingerprint density at radius 3 is 2.86 bits per heavy atom. The van der Waals surface area contributed by atoms with Gasteiger partial charge in [-0.05, 0) is 38.5 Å². The quantitative estimate of drug-likeness (QED) is 0.863. The van der Waals surface area contributed by atoms with Crippen LogP contribution in [0.15, 0.2) is 28.8 Å². The molecule has 0 radical (unpaired) electrons. The number of rotatable bonds is 6. The first-order valence-electron chi connectivity index (χ1n) is 7.01. The molecule has 1 N–H and O–H groups in total. The maximum Gasteiger partial charge on any atom is 0.230 e. The Morgan fingerprint density at radius 2 is 2.23 bits per heavy atom. The highest BCUT2D eigenvalue weighted by molar-refractivity contribution is 7.99. The predicted octanol–water partition coefficient (Wildman–Crippen LogP) is 4.06. The highest BCUT2D eigenvalue weighted by Gasteiger charge is 2.12. The van der Waals surface area contributed by atoms with Crippen LogP contribution in [-0.4, -0.2) is 16.8 Å². The van der Waals surface area contributed by atoms with Gasteiger partial charge in [0.25, 0.3) is 0 Å². The molecule has 4 nitrogen and oxygen atoms in total. The fraction of sp³-hybridized carbons (Fsp3) is 0.375. The number of halogens is 1. The van der Waals surface area contributed by atoms with E-state index >= 15 is 0 Å². The second-order valence-corrected chi connectivity index (χ2v) is 6.56. The molecule has 0 fully saturated rings. The molecule has 1 amide bonds. The molecular formula is C16H19ClN2O2S. The predicted molar refractivity (Wildman–Crippen MR) is 90.1 cm³/mol. The van der Waals surface area contributed by atoms with E-state index in [-0.39, 0.29) is 11.9 Å². The van der Waals surface area contributed by atoms with E-state index in [1.807, 2.05) is 45.0 Å². The molecule has 0 saturated heterocycles. The maximum absolute atomic E-state index is 12.0. The molecule has 2 aromatic rings. The second-order valence-electron chi connectivity index (χ2n) is 5.14. The van der Waals surface area contributed by atoms with Crippen LogP contribution in [0.4, 0.5) is 0 Å². The lowest BCUT2D eigenvalue weighted by Gasteiger charge is -2.14. The molecule has 0 aliphatic heterocycles. The number of nitrogens with zero attached hydrogens (tertiary/aromatic N) is 1. The van der Waals surface area contributed by atoms with Gasteiger partial charge in [-0.1, -0.05) is 28.9 Å². The van der Waals surface area contributed by atoms with Gasteiger partial charge >= 0.3 is 0 Å². The van der Waals surface area contributed by atoms with Gasteiger partial charge < -0.3 is 9.84 Å². The van der Waals surface area contributed by atoms with Gasteiger partial charge in [-0.2, -0.15) is 0 Å². The third-order valence-electron chi connectivity index (χ3n) is 3.39. The number of hydrogen-bond donors (Lipinski definition) is 1. The number of carbonyl (C=O) groups is 1. The Kier molecular flexibility index (Phi) is 5.91. The largest absolute Gasteiger partial charge is 0.361 e. The average Bonchev–Trinajstić information content (AvgIpc) is 2.79. The molecule has 1 unspecified atom stereocenters. The van der Waals surface area contributed by atoms with Crippen LogP contribution < -0.4 is 5.32 Å². The molecular weight excluding hydrogens is 320 g/mol. The zero-order valence-electron chi connectivity index (χ0n) is 12.9. The highest BCUT2D eigenvalue weighted by Crippen LogP contribution is 2.20. The van der Waals surface area contributed by atoms with Gasteiger partial charge in [0.1, 0.15) is 5.76 Å². The Balaban J connectivity index is 1.81. The molecule has 1 aromatic heterocycles. The maximum atomic E-state index is 12.0. The van der Waals surface area contributed by atoms with Crippen molar-refractivity contribution in [3.05, 3.63) is 51.9 Å². The van der Waals surface area contributed by atoms with Crippen molar-refractivity contribution in [2.24, 2.45) is 0 Å². The molecule has 22 heavy (non-hydrogen) atoms. The van der Waals surface area contributed by atoms with E-state index in [1.54, 1.807) is 11.8 Å². The van der Waals surface area contributed by atoms with Crippen LogP contribution in [0, 0.1) is 13.8 Å². The number of thioether (sulfide) groups is 1. The molecule has 1 aromatic carbocycles. The monoisotopic (exact) mass is 338 g/mol. The summed E-state index contributed by atoms with van der Waals surface area (Å²) in [6, 6.07) is 7.45. The molecule has 1 atom stereocenters. The zero-order chi connectivity index (χ0) is 16.1. The second kappa shape index (κ2) is 7.70. The summed E-state index contributed by atoms with van der Waals surface area (Å²) in [5.74, 6) is 1.94. The number of nitrogens with one attached hydrogen (secondary N) is 1. The van der Waals surface area contributed by atoms with Crippen molar-refractivity contribution in [1.82, 2.24) is 10.5 Å². The summed E-state index contributed by atoms with van der Waals surface area (Å²) in [7, 11) is 0. The molecule has 0 aliphatic rings. The molecule has 6 heteroatoms. The van der Waals surface area contributed by atoms with Crippen molar-refractivity contribution in [3.63, 3.8) is 0 Å². The molecule has 118 valence electrons. The number of amides is 1. The normalized spacial score (nSPS) is 12.2. The van der Waals surface area contributed by atoms with Crippen LogP contribution in [0.1, 0.15) is 35.5 Å². The van der Waals surface area contributed by atoms with Crippen LogP contribution >= 0.6 is 23.4 Å². The number of aryl methyl sites for hydroxylation is 2. The number of carbonyl (C=O) groups excluding carboxylic acids is 1. The zero-order valence-corrected chi connectivity index (χ0v) is 14.4. The summed E-state index contributed by atoms with van der Waals surface area (Å²) in [5, 5.41) is 7.56. The smallest absolute Gasteiger partial charge is 0.230 e. The van der Waals surface area contributed by atoms with Crippen LogP contribution in [-0.2, 0) is 10.5 Å². The average molecular weight is 339 g/mol. The van der Waals surface area contributed by atoms with Crippen molar-refractivity contribution >= 4 is 29.3 Å². The minimum atomic E-state index is -0.0640. The highest BCUT2D eigenvalue weighted by atomic mass is 35.5. The third-order valence-corrected chi connectivity index (χ3v) is 4.58. The number of aromatic nitrogens is 1. The van der Waals surface area contributed by atoms with Gasteiger partial charge in [0.2, 0.25) is 5.91 Å². The molecule has 0 saturated carbocycles. The molecule has 1 heterocycles. The van der Waals surface area contributed by atoms with Gasteiger partial charge in [-0.25, -0.2) is 0 Å². The van der Waals surface area contributed by atoms with Crippen LogP contribution in [0.25, 0.3) is 0 Å². The first kappa shape index (κ1) is 16.9. The van der Waals surface area contributed by atoms with Gasteiger partial charge in [-0.15, -0.1) is 11.8 Å². The van der Waals surface area contributed by atoms with Crippen LogP contribution in [0.2, 0.25) is 5.02 Å². The first-order chi connectivity index (χ1) is 10.5. The Bertz CT molecular complexity index is 638. The van der Waals surface area contributed by atoms with Crippen molar-refractivity contribution in [2.45, 2.75) is 32.6 Å². The first-order valence-corrected chi connectivity index (χ1v) is 8.55. The van der Waals surface area contributed by atoms with Crippen LogP contribution in [0.5, 0.6) is 0 Å². The Labute approximate surface area is 139 Å². The fourth-order valence-electron chi connectivity index (χ4n) is 2.10. The molecule has 2 rings (SSSR count). The van der Waals surface area contributed by atoms with Gasteiger partial charge in [0.15, 0.2) is 0 Å². The third kappa shape index (κ3) is 4.52. The lowest BCUT2D eigenvalue weighted by atomic mass is 10.1. The summed E-state index contributed by atoms with van der Waals surface area (Å²) in [6.45, 7) is 5.74. The van der Waals surface area contributed by atoms with Crippen molar-refractivity contribution in [1.29, 1.82) is 0 Å². The summed E-state index contributed by atoms with van der Waals surface area (Å²) in [5.41, 5.74) is 2.95. The molecule has 0 aliphatic carbocycles. The summed E-state index contributed by atoms with van der Waals surface area (Å²) in [4.78, 5) is 12.0. The van der Waals surface area contributed by atoms with Crippen molar-refractivity contribution < 1.29 is 9.32 Å². The summed E-state index contributed by atoms with van der Waals surface area (Å²) in [6.07, 6.45) is 0. The minimum absolute atomic E-state index is 0.00392. The Hall–Kier alpha value is -1.46. The fourth-order valence-corrected chi connectivity index (χ4v) is 3.28. The molecule has 0 spiro atoms. The standard InChI is InChI=1S/C16H19ClN2O2S/c1-10(13-5-4-6-14(17)7-13)18-16(20)9-22-8-15-11(2)19-21-12(15)3/h4-7,10H,8-9H2,1-3H3,(H,18,20). The van der Waals surface area contributed by atoms with Gasteiger partial charge in [0, 0.05) is 16.3 Å². The molecule has 0 bridgehead atoms. The lowest BCUT2D eigenvalue weighted by molar-refractivity contribution is -0.119. The van der Waals surface area contributed by atoms with Crippen LogP contribution in [0.3, 0.4) is 0 Å². The van der Waals surface area contributed by atoms with E-state index in [2.05, 4.69) is 10.5 Å². The van der Waals surface area contributed by atoms with E-state index in [0.29, 0.717) is 10.8 Å². The van der Waals surface area contributed by atoms with Crippen molar-refractivity contribution in [2.75, 3.05) is 5.75 Å².